The second-order valence-corrected chi connectivity index (χ2v) is 4.58. The van der Waals surface area contributed by atoms with Crippen molar-refractivity contribution >= 4 is 5.91 Å². The maximum absolute atomic E-state index is 12.1. The van der Waals surface area contributed by atoms with Crippen LogP contribution in [0.5, 0.6) is 11.6 Å². The van der Waals surface area contributed by atoms with E-state index in [1.165, 1.54) is 7.11 Å². The third-order valence-electron chi connectivity index (χ3n) is 3.09. The van der Waals surface area contributed by atoms with Crippen LogP contribution in [0.2, 0.25) is 0 Å². The van der Waals surface area contributed by atoms with Crippen LogP contribution in [0.3, 0.4) is 0 Å². The van der Waals surface area contributed by atoms with Gasteiger partial charge in [-0.3, -0.25) is 9.48 Å². The lowest BCUT2D eigenvalue weighted by atomic mass is 10.1. The van der Waals surface area contributed by atoms with E-state index < -0.39 is 0 Å². The van der Waals surface area contributed by atoms with Gasteiger partial charge in [0.25, 0.3) is 5.91 Å². The Kier molecular flexibility index (Phi) is 4.81. The summed E-state index contributed by atoms with van der Waals surface area (Å²) >= 11 is 0. The van der Waals surface area contributed by atoms with Crippen molar-refractivity contribution in [3.63, 3.8) is 0 Å². The second-order valence-electron chi connectivity index (χ2n) is 4.58. The van der Waals surface area contributed by atoms with E-state index in [9.17, 15) is 4.79 Å². The van der Waals surface area contributed by atoms with Crippen molar-refractivity contribution in [1.82, 2.24) is 15.1 Å². The minimum absolute atomic E-state index is 0.187. The van der Waals surface area contributed by atoms with Gasteiger partial charge in [0, 0.05) is 19.8 Å². The molecule has 0 atom stereocenters. The number of nitrogens with zero attached hydrogens (tertiary/aromatic N) is 2. The number of carbonyl (C=O) groups is 1. The highest BCUT2D eigenvalue weighted by atomic mass is 16.5. The van der Waals surface area contributed by atoms with E-state index in [4.69, 9.17) is 9.47 Å². The Hall–Kier alpha value is -2.50. The molecule has 0 aliphatic rings. The van der Waals surface area contributed by atoms with Gasteiger partial charge in [0.15, 0.2) is 0 Å². The quantitative estimate of drug-likeness (QED) is 0.873. The number of nitrogens with one attached hydrogen (secondary N) is 1. The zero-order valence-electron chi connectivity index (χ0n) is 12.4. The molecule has 0 unspecified atom stereocenters. The molecule has 112 valence electrons. The monoisotopic (exact) mass is 289 g/mol. The van der Waals surface area contributed by atoms with Gasteiger partial charge in [-0.25, -0.2) is 0 Å². The first-order valence-electron chi connectivity index (χ1n) is 6.63. The average Bonchev–Trinajstić information content (AvgIpc) is 2.89. The number of amides is 1. The molecular weight excluding hydrogens is 270 g/mol. The molecule has 0 radical (unpaired) electrons. The van der Waals surface area contributed by atoms with Crippen molar-refractivity contribution in [2.45, 2.75) is 6.42 Å². The molecule has 2 aromatic rings. The standard InChI is InChI=1S/C15H19N3O3/c1-18-10-13(15(17-18)21-3)14(19)16-9-8-11-4-6-12(20-2)7-5-11/h4-7,10H,8-9H2,1-3H3,(H,16,19). The van der Waals surface area contributed by atoms with Crippen LogP contribution in [-0.4, -0.2) is 36.5 Å². The lowest BCUT2D eigenvalue weighted by molar-refractivity contribution is 0.0951. The van der Waals surface area contributed by atoms with E-state index in [0.29, 0.717) is 18.0 Å². The van der Waals surface area contributed by atoms with Crippen molar-refractivity contribution in [3.8, 4) is 11.6 Å². The Bertz CT molecular complexity index is 605. The van der Waals surface area contributed by atoms with Crippen molar-refractivity contribution in [3.05, 3.63) is 41.6 Å². The number of hydrogen-bond donors (Lipinski definition) is 1. The zero-order chi connectivity index (χ0) is 15.2. The molecule has 6 heteroatoms. The molecule has 1 N–H and O–H groups in total. The molecule has 0 saturated heterocycles. The average molecular weight is 289 g/mol. The summed E-state index contributed by atoms with van der Waals surface area (Å²) in [7, 11) is 4.88. The minimum atomic E-state index is -0.187. The molecule has 21 heavy (non-hydrogen) atoms. The third kappa shape index (κ3) is 3.75. The number of benzene rings is 1. The minimum Gasteiger partial charge on any atom is -0.497 e. The highest BCUT2D eigenvalue weighted by Gasteiger charge is 2.15. The number of aryl methyl sites for hydroxylation is 1. The summed E-state index contributed by atoms with van der Waals surface area (Å²) in [5.41, 5.74) is 1.57. The number of hydrogen-bond acceptors (Lipinski definition) is 4. The Morgan fingerprint density at radius 3 is 2.57 bits per heavy atom. The lowest BCUT2D eigenvalue weighted by Crippen LogP contribution is -2.25. The van der Waals surface area contributed by atoms with Crippen LogP contribution in [-0.2, 0) is 13.5 Å². The van der Waals surface area contributed by atoms with Gasteiger partial charge in [-0.05, 0) is 24.1 Å². The van der Waals surface area contributed by atoms with E-state index in [1.807, 2.05) is 24.3 Å². The topological polar surface area (TPSA) is 65.4 Å². The molecule has 6 nitrogen and oxygen atoms in total. The smallest absolute Gasteiger partial charge is 0.258 e. The lowest BCUT2D eigenvalue weighted by Gasteiger charge is -2.06. The highest BCUT2D eigenvalue weighted by molar-refractivity contribution is 5.96. The molecule has 1 heterocycles. The van der Waals surface area contributed by atoms with Crippen LogP contribution in [0, 0.1) is 0 Å². The number of aromatic nitrogens is 2. The number of ether oxygens (including phenoxy) is 2. The van der Waals surface area contributed by atoms with Gasteiger partial charge in [-0.15, -0.1) is 5.10 Å². The largest absolute Gasteiger partial charge is 0.497 e. The summed E-state index contributed by atoms with van der Waals surface area (Å²) in [6.45, 7) is 0.545. The van der Waals surface area contributed by atoms with Crippen molar-refractivity contribution in [2.24, 2.45) is 7.05 Å². The van der Waals surface area contributed by atoms with Crippen molar-refractivity contribution < 1.29 is 14.3 Å². The number of rotatable bonds is 6. The first-order valence-corrected chi connectivity index (χ1v) is 6.63. The summed E-state index contributed by atoms with van der Waals surface area (Å²) in [6, 6.07) is 7.77. The van der Waals surface area contributed by atoms with Gasteiger partial charge < -0.3 is 14.8 Å². The Labute approximate surface area is 123 Å². The summed E-state index contributed by atoms with van der Waals surface area (Å²) in [4.78, 5) is 12.1. The molecule has 0 fully saturated rings. The van der Waals surface area contributed by atoms with Crippen molar-refractivity contribution in [1.29, 1.82) is 0 Å². The molecule has 0 aliphatic heterocycles. The van der Waals surface area contributed by atoms with Crippen LogP contribution in [0.25, 0.3) is 0 Å². The van der Waals surface area contributed by atoms with Crippen molar-refractivity contribution in [2.75, 3.05) is 20.8 Å². The Morgan fingerprint density at radius 1 is 1.24 bits per heavy atom. The number of methoxy groups -OCH3 is 2. The van der Waals surface area contributed by atoms with Crippen LogP contribution in [0.15, 0.2) is 30.5 Å². The van der Waals surface area contributed by atoms with Gasteiger partial charge in [0.2, 0.25) is 5.88 Å². The van der Waals surface area contributed by atoms with E-state index >= 15 is 0 Å². The Balaban J connectivity index is 1.88. The van der Waals surface area contributed by atoms with E-state index in [2.05, 4.69) is 10.4 Å². The van der Waals surface area contributed by atoms with Gasteiger partial charge >= 0.3 is 0 Å². The fourth-order valence-corrected chi connectivity index (χ4v) is 1.98. The van der Waals surface area contributed by atoms with Crippen LogP contribution in [0.1, 0.15) is 15.9 Å². The maximum Gasteiger partial charge on any atom is 0.258 e. The van der Waals surface area contributed by atoms with E-state index in [-0.39, 0.29) is 5.91 Å². The predicted molar refractivity (Wildman–Crippen MR) is 78.8 cm³/mol. The first-order chi connectivity index (χ1) is 10.1. The SMILES string of the molecule is COc1ccc(CCNC(=O)c2cn(C)nc2OC)cc1. The predicted octanol–water partition coefficient (Wildman–Crippen LogP) is 1.41. The first kappa shape index (κ1) is 14.9. The highest BCUT2D eigenvalue weighted by Crippen LogP contribution is 2.14. The molecule has 0 bridgehead atoms. The zero-order valence-corrected chi connectivity index (χ0v) is 12.4. The van der Waals surface area contributed by atoms with E-state index in [0.717, 1.165) is 17.7 Å². The van der Waals surface area contributed by atoms with Crippen LogP contribution in [0.4, 0.5) is 0 Å². The normalized spacial score (nSPS) is 10.2. The summed E-state index contributed by atoms with van der Waals surface area (Å²) in [5, 5.41) is 6.92. The molecule has 1 aromatic carbocycles. The summed E-state index contributed by atoms with van der Waals surface area (Å²) < 4.78 is 11.7. The van der Waals surface area contributed by atoms with E-state index in [1.54, 1.807) is 25.0 Å². The summed E-state index contributed by atoms with van der Waals surface area (Å²) in [5.74, 6) is 0.968. The molecule has 1 aromatic heterocycles. The van der Waals surface area contributed by atoms with Crippen LogP contribution >= 0.6 is 0 Å². The second kappa shape index (κ2) is 6.78. The molecule has 0 spiro atoms. The Morgan fingerprint density at radius 2 is 1.95 bits per heavy atom. The maximum atomic E-state index is 12.1. The molecule has 0 saturated carbocycles. The number of carbonyl (C=O) groups excluding carboxylic acids is 1. The fraction of sp³-hybridized carbons (Fsp3) is 0.333. The van der Waals surface area contributed by atoms with Gasteiger partial charge in [-0.2, -0.15) is 0 Å². The third-order valence-corrected chi connectivity index (χ3v) is 3.09. The molecule has 2 rings (SSSR count). The molecule has 0 aliphatic carbocycles. The van der Waals surface area contributed by atoms with Gasteiger partial charge in [-0.1, -0.05) is 12.1 Å². The molecular formula is C15H19N3O3. The summed E-state index contributed by atoms with van der Waals surface area (Å²) in [6.07, 6.45) is 2.39. The fourth-order valence-electron chi connectivity index (χ4n) is 1.98. The van der Waals surface area contributed by atoms with Crippen LogP contribution < -0.4 is 14.8 Å². The van der Waals surface area contributed by atoms with Gasteiger partial charge in [0.1, 0.15) is 11.3 Å². The van der Waals surface area contributed by atoms with Gasteiger partial charge in [0.05, 0.1) is 14.2 Å². The molecule has 1 amide bonds.